The first-order valence-corrected chi connectivity index (χ1v) is 8.95. The monoisotopic (exact) mass is 370 g/mol. The zero-order chi connectivity index (χ0) is 18.7. The Morgan fingerprint density at radius 2 is 1.88 bits per heavy atom. The van der Waals surface area contributed by atoms with Crippen molar-refractivity contribution in [2.24, 2.45) is 0 Å². The molecule has 1 aliphatic heterocycles. The lowest BCUT2D eigenvalue weighted by Crippen LogP contribution is -2.35. The largest absolute Gasteiger partial charge is 0.462 e. The van der Waals surface area contributed by atoms with Crippen LogP contribution in [-0.2, 0) is 14.3 Å². The molecule has 1 aromatic heterocycles. The number of benzene rings is 1. The lowest BCUT2D eigenvalue weighted by atomic mass is 10.3. The van der Waals surface area contributed by atoms with Gasteiger partial charge in [-0.05, 0) is 56.0 Å². The molecule has 2 heterocycles. The number of thioether (sulfide) groups is 1. The van der Waals surface area contributed by atoms with E-state index < -0.39 is 17.1 Å². The summed E-state index contributed by atoms with van der Waals surface area (Å²) in [5, 5.41) is -0.472. The van der Waals surface area contributed by atoms with E-state index in [0.29, 0.717) is 0 Å². The average molecular weight is 370 g/mol. The van der Waals surface area contributed by atoms with Crippen LogP contribution in [0.5, 0.6) is 0 Å². The number of ether oxygens (including phenoxy) is 1. The molecule has 134 valence electrons. The maximum Gasteiger partial charge on any atom is 0.326 e. The molecule has 26 heavy (non-hydrogen) atoms. The van der Waals surface area contributed by atoms with Gasteiger partial charge >= 0.3 is 5.97 Å². The number of hydrogen-bond acceptors (Lipinski definition) is 5. The maximum absolute atomic E-state index is 12.5. The predicted octanol–water partition coefficient (Wildman–Crippen LogP) is 3.47. The van der Waals surface area contributed by atoms with Crippen molar-refractivity contribution in [3.05, 3.63) is 59.3 Å². The van der Waals surface area contributed by atoms with Crippen molar-refractivity contribution in [3.63, 3.8) is 0 Å². The van der Waals surface area contributed by atoms with Crippen molar-refractivity contribution in [2.75, 3.05) is 6.54 Å². The summed E-state index contributed by atoms with van der Waals surface area (Å²) in [6, 6.07) is 13.4. The van der Waals surface area contributed by atoms with Crippen LogP contribution in [0.4, 0.5) is 4.79 Å². The molecule has 2 aromatic rings. The third-order valence-electron chi connectivity index (χ3n) is 3.62. The Labute approximate surface area is 155 Å². The number of amides is 2. The van der Waals surface area contributed by atoms with Crippen LogP contribution >= 0.6 is 11.8 Å². The summed E-state index contributed by atoms with van der Waals surface area (Å²) in [6.07, 6.45) is 3.24. The Hall–Kier alpha value is -2.80. The fourth-order valence-corrected chi connectivity index (χ4v) is 3.36. The number of esters is 1. The Balaban J connectivity index is 1.81. The van der Waals surface area contributed by atoms with Crippen LogP contribution in [0.25, 0.3) is 11.8 Å². The van der Waals surface area contributed by atoms with Gasteiger partial charge in [0.25, 0.3) is 11.1 Å². The first kappa shape index (κ1) is 18.0. The number of hydrogen-bond donors (Lipinski definition) is 0. The van der Waals surface area contributed by atoms with Gasteiger partial charge in [0, 0.05) is 17.6 Å². The van der Waals surface area contributed by atoms with Crippen LogP contribution in [0.3, 0.4) is 0 Å². The predicted molar refractivity (Wildman–Crippen MR) is 99.7 cm³/mol. The van der Waals surface area contributed by atoms with E-state index in [1.54, 1.807) is 19.9 Å². The molecule has 3 rings (SSSR count). The number of para-hydroxylation sites is 1. The number of carbonyl (C=O) groups is 3. The number of aromatic nitrogens is 1. The molecule has 0 radical (unpaired) electrons. The molecule has 0 N–H and O–H groups in total. The summed E-state index contributed by atoms with van der Waals surface area (Å²) in [5.74, 6) is -1.09. The molecule has 1 saturated heterocycles. The minimum atomic E-state index is -0.601. The molecule has 0 spiro atoms. The molecule has 1 fully saturated rings. The molecule has 2 amide bonds. The number of imide groups is 1. The van der Waals surface area contributed by atoms with E-state index in [0.717, 1.165) is 28.0 Å². The van der Waals surface area contributed by atoms with Gasteiger partial charge in [0.1, 0.15) is 6.54 Å². The highest BCUT2D eigenvalue weighted by Crippen LogP contribution is 2.32. The van der Waals surface area contributed by atoms with Crippen molar-refractivity contribution in [3.8, 4) is 5.69 Å². The molecule has 0 bridgehead atoms. The fourth-order valence-electron chi connectivity index (χ4n) is 2.54. The molecule has 0 atom stereocenters. The van der Waals surface area contributed by atoms with E-state index in [4.69, 9.17) is 4.74 Å². The molecule has 0 aliphatic carbocycles. The van der Waals surface area contributed by atoms with Crippen LogP contribution in [0, 0.1) is 0 Å². The van der Waals surface area contributed by atoms with Crippen molar-refractivity contribution in [2.45, 2.75) is 20.0 Å². The van der Waals surface area contributed by atoms with Gasteiger partial charge in [-0.25, -0.2) is 0 Å². The summed E-state index contributed by atoms with van der Waals surface area (Å²) >= 11 is 0.822. The Morgan fingerprint density at radius 3 is 2.58 bits per heavy atom. The summed E-state index contributed by atoms with van der Waals surface area (Å²) in [6.45, 7) is 3.05. The number of carbonyl (C=O) groups excluding carboxylic acids is 3. The van der Waals surface area contributed by atoms with Crippen LogP contribution in [0.2, 0.25) is 0 Å². The first-order valence-electron chi connectivity index (χ1n) is 8.13. The highest BCUT2D eigenvalue weighted by atomic mass is 32.2. The smallest absolute Gasteiger partial charge is 0.326 e. The van der Waals surface area contributed by atoms with E-state index in [2.05, 4.69) is 0 Å². The molecule has 1 aromatic carbocycles. The van der Waals surface area contributed by atoms with E-state index >= 15 is 0 Å². The van der Waals surface area contributed by atoms with Crippen LogP contribution in [0.15, 0.2) is 53.6 Å². The lowest BCUT2D eigenvalue weighted by Gasteiger charge is -2.13. The van der Waals surface area contributed by atoms with Gasteiger partial charge in [0.15, 0.2) is 0 Å². The number of rotatable bonds is 5. The molecule has 0 saturated carbocycles. The summed E-state index contributed by atoms with van der Waals surface area (Å²) in [4.78, 5) is 37.6. The zero-order valence-electron chi connectivity index (χ0n) is 14.4. The van der Waals surface area contributed by atoms with Crippen LogP contribution in [0.1, 0.15) is 19.5 Å². The second kappa shape index (κ2) is 7.61. The topological polar surface area (TPSA) is 68.6 Å². The van der Waals surface area contributed by atoms with Gasteiger partial charge in [-0.3, -0.25) is 19.3 Å². The van der Waals surface area contributed by atoms with E-state index in [9.17, 15) is 14.4 Å². The lowest BCUT2D eigenvalue weighted by molar-refractivity contribution is -0.149. The third kappa shape index (κ3) is 3.88. The second-order valence-electron chi connectivity index (χ2n) is 5.95. The van der Waals surface area contributed by atoms with E-state index in [-0.39, 0.29) is 17.6 Å². The van der Waals surface area contributed by atoms with Crippen molar-refractivity contribution in [1.82, 2.24) is 9.47 Å². The second-order valence-corrected chi connectivity index (χ2v) is 6.94. The normalized spacial score (nSPS) is 16.0. The van der Waals surface area contributed by atoms with Crippen LogP contribution < -0.4 is 0 Å². The first-order chi connectivity index (χ1) is 12.5. The average Bonchev–Trinajstić information content (AvgIpc) is 3.15. The van der Waals surface area contributed by atoms with Crippen molar-refractivity contribution >= 4 is 35.0 Å². The molecule has 6 nitrogen and oxygen atoms in total. The van der Waals surface area contributed by atoms with E-state index in [1.807, 2.05) is 53.2 Å². The van der Waals surface area contributed by atoms with Gasteiger partial charge in [-0.2, -0.15) is 0 Å². The summed E-state index contributed by atoms with van der Waals surface area (Å²) in [7, 11) is 0. The van der Waals surface area contributed by atoms with Crippen LogP contribution in [-0.4, -0.2) is 39.2 Å². The van der Waals surface area contributed by atoms with Gasteiger partial charge < -0.3 is 9.30 Å². The van der Waals surface area contributed by atoms with Gasteiger partial charge in [0.2, 0.25) is 0 Å². The molecular formula is C19H18N2O4S. The molecule has 0 unspecified atom stereocenters. The highest BCUT2D eigenvalue weighted by molar-refractivity contribution is 8.18. The molecule has 7 heteroatoms. The van der Waals surface area contributed by atoms with Gasteiger partial charge in [-0.1, -0.05) is 18.2 Å². The Bertz CT molecular complexity index is 871. The quantitative estimate of drug-likeness (QED) is 0.595. The summed E-state index contributed by atoms with van der Waals surface area (Å²) < 4.78 is 6.93. The van der Waals surface area contributed by atoms with Gasteiger partial charge in [0.05, 0.1) is 11.0 Å². The Morgan fingerprint density at radius 1 is 1.15 bits per heavy atom. The molecule has 1 aliphatic rings. The number of nitrogens with zero attached hydrogens (tertiary/aromatic N) is 2. The standard InChI is InChI=1S/C19H18N2O4S/c1-13(2)25-17(22)12-21-18(23)16(26-19(21)24)11-15-9-6-10-20(15)14-7-4-3-5-8-14/h3-11,13H,12H2,1-2H3/b16-11+. The van der Waals surface area contributed by atoms with E-state index in [1.165, 1.54) is 0 Å². The zero-order valence-corrected chi connectivity index (χ0v) is 15.2. The Kier molecular flexibility index (Phi) is 5.27. The third-order valence-corrected chi connectivity index (χ3v) is 4.53. The molecular weight excluding hydrogens is 352 g/mol. The van der Waals surface area contributed by atoms with Crippen molar-refractivity contribution in [1.29, 1.82) is 0 Å². The minimum Gasteiger partial charge on any atom is -0.462 e. The van der Waals surface area contributed by atoms with Crippen molar-refractivity contribution < 1.29 is 19.1 Å². The minimum absolute atomic E-state index is 0.281. The van der Waals surface area contributed by atoms with Gasteiger partial charge in [-0.15, -0.1) is 0 Å². The SMILES string of the molecule is CC(C)OC(=O)CN1C(=O)S/C(=C/c2cccn2-c2ccccc2)C1=O. The fraction of sp³-hybridized carbons (Fsp3) is 0.211. The summed E-state index contributed by atoms with van der Waals surface area (Å²) in [5.41, 5.74) is 1.72. The highest BCUT2D eigenvalue weighted by Gasteiger charge is 2.37. The maximum atomic E-state index is 12.5.